The smallest absolute Gasteiger partial charge is 0.244 e. The molecule has 0 saturated heterocycles. The average Bonchev–Trinajstić information content (AvgIpc) is 2.97. The minimum atomic E-state index is -0.0604. The molecule has 122 valence electrons. The van der Waals surface area contributed by atoms with Gasteiger partial charge in [0.2, 0.25) is 5.91 Å². The lowest BCUT2D eigenvalue weighted by atomic mass is 10.1. The first-order valence-corrected chi connectivity index (χ1v) is 8.21. The van der Waals surface area contributed by atoms with Gasteiger partial charge in [0.1, 0.15) is 0 Å². The molecule has 3 nitrogen and oxygen atoms in total. The van der Waals surface area contributed by atoms with E-state index >= 15 is 0 Å². The molecule has 3 aromatic rings. The molecule has 0 bridgehead atoms. The molecule has 3 heteroatoms. The molecule has 24 heavy (non-hydrogen) atoms. The van der Waals surface area contributed by atoms with Gasteiger partial charge in [-0.25, -0.2) is 0 Å². The van der Waals surface area contributed by atoms with E-state index in [1.807, 2.05) is 30.5 Å². The quantitative estimate of drug-likeness (QED) is 0.682. The number of hydrogen-bond acceptors (Lipinski definition) is 1. The monoisotopic (exact) mass is 318 g/mol. The van der Waals surface area contributed by atoms with Gasteiger partial charge in [-0.05, 0) is 49.1 Å². The lowest BCUT2D eigenvalue weighted by Gasteiger charge is -2.03. The van der Waals surface area contributed by atoms with E-state index in [1.165, 1.54) is 22.1 Å². The summed E-state index contributed by atoms with van der Waals surface area (Å²) < 4.78 is 0. The number of H-pyrrole nitrogens is 1. The molecule has 0 unspecified atom stereocenters. The van der Waals surface area contributed by atoms with Gasteiger partial charge < -0.3 is 10.3 Å². The number of benzene rings is 2. The number of carbonyl (C=O) groups is 1. The van der Waals surface area contributed by atoms with Crippen molar-refractivity contribution < 1.29 is 4.79 Å². The number of carbonyl (C=O) groups excluding carboxylic acids is 1. The number of nitrogens with one attached hydrogen (secondary N) is 2. The zero-order valence-corrected chi connectivity index (χ0v) is 14.1. The second kappa shape index (κ2) is 7.18. The van der Waals surface area contributed by atoms with Crippen molar-refractivity contribution in [1.29, 1.82) is 0 Å². The van der Waals surface area contributed by atoms with Crippen LogP contribution in [0.4, 0.5) is 0 Å². The summed E-state index contributed by atoms with van der Waals surface area (Å²) in [6, 6.07) is 14.4. The molecule has 2 aromatic carbocycles. The normalized spacial score (nSPS) is 11.2. The van der Waals surface area contributed by atoms with Crippen molar-refractivity contribution in [2.45, 2.75) is 20.3 Å². The Morgan fingerprint density at radius 1 is 1.17 bits per heavy atom. The third-order valence-electron chi connectivity index (χ3n) is 4.21. The average molecular weight is 318 g/mol. The zero-order chi connectivity index (χ0) is 16.9. The van der Waals surface area contributed by atoms with Crippen molar-refractivity contribution in [3.63, 3.8) is 0 Å². The molecule has 0 spiro atoms. The maximum Gasteiger partial charge on any atom is 0.244 e. The highest BCUT2D eigenvalue weighted by atomic mass is 16.1. The molecule has 0 atom stereocenters. The Balaban J connectivity index is 1.55. The van der Waals surface area contributed by atoms with Gasteiger partial charge in [0.05, 0.1) is 0 Å². The number of amides is 1. The predicted molar refractivity (Wildman–Crippen MR) is 100.0 cm³/mol. The number of aromatic amines is 1. The zero-order valence-electron chi connectivity index (χ0n) is 14.1. The Morgan fingerprint density at radius 3 is 2.83 bits per heavy atom. The van der Waals surface area contributed by atoms with Gasteiger partial charge in [-0.1, -0.05) is 42.0 Å². The first kappa shape index (κ1) is 16.1. The molecule has 0 radical (unpaired) electrons. The first-order chi connectivity index (χ1) is 11.6. The standard InChI is InChI=1S/C21H22N2O/c1-15-7-8-17(16(2)13-15)9-10-21(24)22-12-11-18-14-23-20-6-4-3-5-19(18)20/h3-10,13-14,23H,11-12H2,1-2H3,(H,22,24)/b10-9+. The summed E-state index contributed by atoms with van der Waals surface area (Å²) in [5.41, 5.74) is 5.84. The Kier molecular flexibility index (Phi) is 4.80. The van der Waals surface area contributed by atoms with Crippen LogP contribution in [-0.4, -0.2) is 17.4 Å². The number of para-hydroxylation sites is 1. The van der Waals surface area contributed by atoms with Crippen molar-refractivity contribution in [2.75, 3.05) is 6.54 Å². The molecule has 0 aliphatic carbocycles. The van der Waals surface area contributed by atoms with Crippen LogP contribution in [0.15, 0.2) is 54.7 Å². The number of hydrogen-bond donors (Lipinski definition) is 2. The fraction of sp³-hybridized carbons (Fsp3) is 0.190. The molecule has 1 aromatic heterocycles. The number of fused-ring (bicyclic) bond motifs is 1. The van der Waals surface area contributed by atoms with E-state index in [0.717, 1.165) is 17.5 Å². The number of aromatic nitrogens is 1. The summed E-state index contributed by atoms with van der Waals surface area (Å²) in [4.78, 5) is 15.2. The van der Waals surface area contributed by atoms with Gasteiger partial charge >= 0.3 is 0 Å². The largest absolute Gasteiger partial charge is 0.361 e. The van der Waals surface area contributed by atoms with Crippen LogP contribution in [0.3, 0.4) is 0 Å². The SMILES string of the molecule is Cc1ccc(/C=C/C(=O)NCCc2c[nH]c3ccccc23)c(C)c1. The highest BCUT2D eigenvalue weighted by Crippen LogP contribution is 2.17. The predicted octanol–water partition coefficient (Wildman–Crippen LogP) is 4.16. The van der Waals surface area contributed by atoms with Crippen molar-refractivity contribution in [3.8, 4) is 0 Å². The van der Waals surface area contributed by atoms with E-state index in [1.54, 1.807) is 6.08 Å². The summed E-state index contributed by atoms with van der Waals surface area (Å²) in [5, 5.41) is 4.17. The van der Waals surface area contributed by atoms with E-state index in [9.17, 15) is 4.79 Å². The summed E-state index contributed by atoms with van der Waals surface area (Å²) in [6.07, 6.45) is 6.30. The van der Waals surface area contributed by atoms with Crippen LogP contribution in [0.1, 0.15) is 22.3 Å². The molecule has 0 fully saturated rings. The van der Waals surface area contributed by atoms with Gasteiger partial charge in [-0.2, -0.15) is 0 Å². The minimum absolute atomic E-state index is 0.0604. The Bertz CT molecular complexity index is 890. The Hall–Kier alpha value is -2.81. The molecule has 1 amide bonds. The second-order valence-corrected chi connectivity index (χ2v) is 6.09. The van der Waals surface area contributed by atoms with Crippen molar-refractivity contribution in [2.24, 2.45) is 0 Å². The lowest BCUT2D eigenvalue weighted by molar-refractivity contribution is -0.116. The highest BCUT2D eigenvalue weighted by molar-refractivity contribution is 5.92. The third-order valence-corrected chi connectivity index (χ3v) is 4.21. The molecular formula is C21H22N2O. The van der Waals surface area contributed by atoms with E-state index in [-0.39, 0.29) is 5.91 Å². The minimum Gasteiger partial charge on any atom is -0.361 e. The topological polar surface area (TPSA) is 44.9 Å². The van der Waals surface area contributed by atoms with Crippen LogP contribution in [-0.2, 0) is 11.2 Å². The summed E-state index contributed by atoms with van der Waals surface area (Å²) in [6.45, 7) is 4.75. The Labute approximate surface area is 142 Å². The van der Waals surface area contributed by atoms with Crippen LogP contribution in [0.2, 0.25) is 0 Å². The van der Waals surface area contributed by atoms with E-state index in [0.29, 0.717) is 6.54 Å². The maximum absolute atomic E-state index is 12.0. The Morgan fingerprint density at radius 2 is 2.00 bits per heavy atom. The summed E-state index contributed by atoms with van der Waals surface area (Å²) in [5.74, 6) is -0.0604. The van der Waals surface area contributed by atoms with Crippen LogP contribution < -0.4 is 5.32 Å². The van der Waals surface area contributed by atoms with Crippen LogP contribution in [0.5, 0.6) is 0 Å². The van der Waals surface area contributed by atoms with Crippen molar-refractivity contribution >= 4 is 22.9 Å². The molecule has 2 N–H and O–H groups in total. The van der Waals surface area contributed by atoms with Gasteiger partial charge in [0.25, 0.3) is 0 Å². The van der Waals surface area contributed by atoms with Crippen LogP contribution in [0.25, 0.3) is 17.0 Å². The van der Waals surface area contributed by atoms with Crippen molar-refractivity contribution in [1.82, 2.24) is 10.3 Å². The first-order valence-electron chi connectivity index (χ1n) is 8.21. The van der Waals surface area contributed by atoms with E-state index < -0.39 is 0 Å². The molecule has 0 aliphatic heterocycles. The summed E-state index contributed by atoms with van der Waals surface area (Å²) in [7, 11) is 0. The van der Waals surface area contributed by atoms with E-state index in [4.69, 9.17) is 0 Å². The second-order valence-electron chi connectivity index (χ2n) is 6.09. The molecule has 0 aliphatic rings. The van der Waals surface area contributed by atoms with Gasteiger partial charge in [0.15, 0.2) is 0 Å². The van der Waals surface area contributed by atoms with E-state index in [2.05, 4.69) is 48.4 Å². The highest BCUT2D eigenvalue weighted by Gasteiger charge is 2.03. The molecule has 3 rings (SSSR count). The third kappa shape index (κ3) is 3.74. The molecule has 1 heterocycles. The van der Waals surface area contributed by atoms with Gasteiger partial charge in [0, 0.05) is 29.7 Å². The van der Waals surface area contributed by atoms with Gasteiger partial charge in [-0.15, -0.1) is 0 Å². The molecular weight excluding hydrogens is 296 g/mol. The molecule has 0 saturated carbocycles. The lowest BCUT2D eigenvalue weighted by Crippen LogP contribution is -2.23. The van der Waals surface area contributed by atoms with Crippen LogP contribution >= 0.6 is 0 Å². The van der Waals surface area contributed by atoms with Crippen molar-refractivity contribution in [3.05, 3.63) is 77.0 Å². The fourth-order valence-corrected chi connectivity index (χ4v) is 2.90. The summed E-state index contributed by atoms with van der Waals surface area (Å²) >= 11 is 0. The number of aryl methyl sites for hydroxylation is 2. The maximum atomic E-state index is 12.0. The van der Waals surface area contributed by atoms with Crippen LogP contribution in [0, 0.1) is 13.8 Å². The van der Waals surface area contributed by atoms with Gasteiger partial charge in [-0.3, -0.25) is 4.79 Å². The fourth-order valence-electron chi connectivity index (χ4n) is 2.90. The number of rotatable bonds is 5.